The van der Waals surface area contributed by atoms with E-state index in [0.29, 0.717) is 25.0 Å². The predicted molar refractivity (Wildman–Crippen MR) is 91.0 cm³/mol. The minimum atomic E-state index is 0.146. The van der Waals surface area contributed by atoms with Gasteiger partial charge in [-0.1, -0.05) is 32.1 Å². The molecule has 0 heterocycles. The minimum absolute atomic E-state index is 0.146. The zero-order valence-electron chi connectivity index (χ0n) is 14.0. The third kappa shape index (κ3) is 6.24. The summed E-state index contributed by atoms with van der Waals surface area (Å²) in [5.41, 5.74) is 0. The standard InChI is InChI=1S/C17H32N4O/c1-2-18-17(21-15-10-6-7-11-15)19-13-12-16(22)20-14-8-4-3-5-9-14/h14-15H,2-13H2,1H3,(H,20,22)(H2,18,19,21). The highest BCUT2D eigenvalue weighted by molar-refractivity contribution is 5.81. The Morgan fingerprint density at radius 3 is 2.18 bits per heavy atom. The summed E-state index contributed by atoms with van der Waals surface area (Å²) in [6, 6.07) is 0.948. The van der Waals surface area contributed by atoms with Crippen molar-refractivity contribution in [3.8, 4) is 0 Å². The van der Waals surface area contributed by atoms with Gasteiger partial charge in [0, 0.05) is 25.0 Å². The molecule has 0 aromatic rings. The predicted octanol–water partition coefficient (Wildman–Crippen LogP) is 2.32. The largest absolute Gasteiger partial charge is 0.357 e. The first-order valence-electron chi connectivity index (χ1n) is 9.12. The van der Waals surface area contributed by atoms with E-state index in [1.54, 1.807) is 0 Å². The van der Waals surface area contributed by atoms with Gasteiger partial charge in [0.15, 0.2) is 5.96 Å². The molecule has 2 saturated carbocycles. The summed E-state index contributed by atoms with van der Waals surface area (Å²) < 4.78 is 0. The van der Waals surface area contributed by atoms with Crippen LogP contribution in [-0.4, -0.2) is 37.0 Å². The molecule has 2 rings (SSSR count). The minimum Gasteiger partial charge on any atom is -0.357 e. The van der Waals surface area contributed by atoms with E-state index in [1.807, 2.05) is 0 Å². The number of amides is 1. The third-order valence-corrected chi connectivity index (χ3v) is 4.62. The van der Waals surface area contributed by atoms with Crippen molar-refractivity contribution in [1.29, 1.82) is 0 Å². The molecule has 0 bridgehead atoms. The lowest BCUT2D eigenvalue weighted by atomic mass is 9.95. The van der Waals surface area contributed by atoms with E-state index in [2.05, 4.69) is 27.9 Å². The summed E-state index contributed by atoms with van der Waals surface area (Å²) in [7, 11) is 0. The molecule has 3 N–H and O–H groups in total. The summed E-state index contributed by atoms with van der Waals surface area (Å²) >= 11 is 0. The van der Waals surface area contributed by atoms with Crippen LogP contribution in [0.1, 0.15) is 71.1 Å². The van der Waals surface area contributed by atoms with Crippen molar-refractivity contribution in [2.75, 3.05) is 13.1 Å². The van der Waals surface area contributed by atoms with Crippen molar-refractivity contribution in [3.63, 3.8) is 0 Å². The van der Waals surface area contributed by atoms with Gasteiger partial charge < -0.3 is 16.0 Å². The van der Waals surface area contributed by atoms with Gasteiger partial charge in [0.1, 0.15) is 0 Å². The fourth-order valence-electron chi connectivity index (χ4n) is 3.40. The zero-order chi connectivity index (χ0) is 15.6. The Morgan fingerprint density at radius 1 is 0.955 bits per heavy atom. The molecule has 0 radical (unpaired) electrons. The fourth-order valence-corrected chi connectivity index (χ4v) is 3.40. The summed E-state index contributed by atoms with van der Waals surface area (Å²) in [6.07, 6.45) is 11.6. The molecule has 0 aromatic heterocycles. The van der Waals surface area contributed by atoms with E-state index in [0.717, 1.165) is 25.3 Å². The van der Waals surface area contributed by atoms with Crippen molar-refractivity contribution < 1.29 is 4.79 Å². The smallest absolute Gasteiger partial charge is 0.222 e. The number of carbonyl (C=O) groups excluding carboxylic acids is 1. The van der Waals surface area contributed by atoms with Gasteiger partial charge in [-0.25, -0.2) is 0 Å². The Morgan fingerprint density at radius 2 is 1.55 bits per heavy atom. The van der Waals surface area contributed by atoms with Gasteiger partial charge in [-0.2, -0.15) is 0 Å². The summed E-state index contributed by atoms with van der Waals surface area (Å²) in [5, 5.41) is 9.90. The van der Waals surface area contributed by atoms with Crippen molar-refractivity contribution in [2.24, 2.45) is 4.99 Å². The van der Waals surface area contributed by atoms with Crippen molar-refractivity contribution >= 4 is 11.9 Å². The fraction of sp³-hybridized carbons (Fsp3) is 0.882. The highest BCUT2D eigenvalue weighted by atomic mass is 16.1. The lowest BCUT2D eigenvalue weighted by molar-refractivity contribution is -0.121. The Labute approximate surface area is 134 Å². The second-order valence-corrected chi connectivity index (χ2v) is 6.54. The zero-order valence-corrected chi connectivity index (χ0v) is 14.0. The quantitative estimate of drug-likeness (QED) is 0.521. The van der Waals surface area contributed by atoms with Crippen LogP contribution in [0.15, 0.2) is 4.99 Å². The van der Waals surface area contributed by atoms with Gasteiger partial charge in [0.05, 0.1) is 6.54 Å². The number of nitrogens with zero attached hydrogens (tertiary/aromatic N) is 1. The van der Waals surface area contributed by atoms with Gasteiger partial charge in [-0.05, 0) is 32.6 Å². The van der Waals surface area contributed by atoms with Crippen LogP contribution in [0.2, 0.25) is 0 Å². The van der Waals surface area contributed by atoms with Gasteiger partial charge in [-0.3, -0.25) is 9.79 Å². The van der Waals surface area contributed by atoms with Crippen LogP contribution < -0.4 is 16.0 Å². The van der Waals surface area contributed by atoms with Crippen LogP contribution in [0.5, 0.6) is 0 Å². The molecule has 5 heteroatoms. The van der Waals surface area contributed by atoms with Crippen LogP contribution in [0, 0.1) is 0 Å². The number of aliphatic imine (C=N–C) groups is 1. The first kappa shape index (κ1) is 17.1. The van der Waals surface area contributed by atoms with Crippen LogP contribution in [-0.2, 0) is 4.79 Å². The van der Waals surface area contributed by atoms with E-state index in [9.17, 15) is 4.79 Å². The number of nitrogens with one attached hydrogen (secondary N) is 3. The van der Waals surface area contributed by atoms with E-state index in [1.165, 1.54) is 44.9 Å². The maximum atomic E-state index is 12.0. The Hall–Kier alpha value is -1.26. The SMILES string of the molecule is CCNC(=NCCC(=O)NC1CCCCC1)NC1CCCC1. The van der Waals surface area contributed by atoms with Gasteiger partial charge in [-0.15, -0.1) is 0 Å². The van der Waals surface area contributed by atoms with E-state index in [4.69, 9.17) is 0 Å². The van der Waals surface area contributed by atoms with Crippen LogP contribution >= 0.6 is 0 Å². The molecule has 1 amide bonds. The molecule has 0 saturated heterocycles. The normalized spacial score (nSPS) is 20.9. The van der Waals surface area contributed by atoms with E-state index in [-0.39, 0.29) is 5.91 Å². The van der Waals surface area contributed by atoms with Crippen molar-refractivity contribution in [2.45, 2.75) is 83.2 Å². The summed E-state index contributed by atoms with van der Waals surface area (Å²) in [4.78, 5) is 16.5. The molecule has 0 aliphatic heterocycles. The van der Waals surface area contributed by atoms with Crippen LogP contribution in [0.4, 0.5) is 0 Å². The highest BCUT2D eigenvalue weighted by Gasteiger charge is 2.17. The van der Waals surface area contributed by atoms with Crippen LogP contribution in [0.3, 0.4) is 0 Å². The molecule has 0 unspecified atom stereocenters. The second kappa shape index (κ2) is 9.70. The molecule has 5 nitrogen and oxygen atoms in total. The van der Waals surface area contributed by atoms with Crippen LogP contribution in [0.25, 0.3) is 0 Å². The molecule has 2 fully saturated rings. The van der Waals surface area contributed by atoms with E-state index >= 15 is 0 Å². The van der Waals surface area contributed by atoms with Crippen molar-refractivity contribution in [1.82, 2.24) is 16.0 Å². The lowest BCUT2D eigenvalue weighted by Crippen LogP contribution is -2.42. The molecular weight excluding hydrogens is 276 g/mol. The van der Waals surface area contributed by atoms with Crippen molar-refractivity contribution in [3.05, 3.63) is 0 Å². The molecule has 22 heavy (non-hydrogen) atoms. The van der Waals surface area contributed by atoms with Gasteiger partial charge in [0.2, 0.25) is 5.91 Å². The molecule has 2 aliphatic rings. The van der Waals surface area contributed by atoms with E-state index < -0.39 is 0 Å². The number of guanidine groups is 1. The monoisotopic (exact) mass is 308 g/mol. The van der Waals surface area contributed by atoms with Gasteiger partial charge >= 0.3 is 0 Å². The second-order valence-electron chi connectivity index (χ2n) is 6.54. The lowest BCUT2D eigenvalue weighted by Gasteiger charge is -2.22. The summed E-state index contributed by atoms with van der Waals surface area (Å²) in [6.45, 7) is 3.48. The maximum absolute atomic E-state index is 12.0. The molecule has 0 aromatic carbocycles. The molecule has 2 aliphatic carbocycles. The first-order chi connectivity index (χ1) is 10.8. The summed E-state index contributed by atoms with van der Waals surface area (Å²) in [5.74, 6) is 1.01. The first-order valence-corrected chi connectivity index (χ1v) is 9.12. The third-order valence-electron chi connectivity index (χ3n) is 4.62. The Bertz CT molecular complexity index is 358. The average Bonchev–Trinajstić information content (AvgIpc) is 3.01. The number of rotatable bonds is 6. The number of hydrogen-bond acceptors (Lipinski definition) is 2. The Kier molecular flexibility index (Phi) is 7.54. The number of carbonyl (C=O) groups is 1. The maximum Gasteiger partial charge on any atom is 0.222 e. The molecule has 0 atom stereocenters. The number of hydrogen-bond donors (Lipinski definition) is 3. The molecule has 0 spiro atoms. The molecule has 126 valence electrons. The average molecular weight is 308 g/mol. The highest BCUT2D eigenvalue weighted by Crippen LogP contribution is 2.18. The molecular formula is C17H32N4O. The van der Waals surface area contributed by atoms with Gasteiger partial charge in [0.25, 0.3) is 0 Å². The topological polar surface area (TPSA) is 65.5 Å². The Balaban J connectivity index is 1.68.